The van der Waals surface area contributed by atoms with Gasteiger partial charge in [-0.3, -0.25) is 9.52 Å². The van der Waals surface area contributed by atoms with Crippen LogP contribution >= 0.6 is 12.4 Å². The standard InChI is InChI=1S/C15H25N3O4S.ClH/c1-12(2)22-14-7-5-13(6-8-14)18-23(20,21)11-15(19)17-10-4-9-16-3;/h5-8,12,16,18H,4,9-11H2,1-3H3,(H,17,19);1H. The molecule has 0 radical (unpaired) electrons. The lowest BCUT2D eigenvalue weighted by Crippen LogP contribution is -2.34. The van der Waals surface area contributed by atoms with Crippen molar-refractivity contribution >= 4 is 34.0 Å². The highest BCUT2D eigenvalue weighted by atomic mass is 35.5. The third-order valence-corrected chi connectivity index (χ3v) is 3.94. The average Bonchev–Trinajstić information content (AvgIpc) is 2.44. The van der Waals surface area contributed by atoms with Crippen LogP contribution in [0.25, 0.3) is 0 Å². The molecule has 0 aliphatic carbocycles. The summed E-state index contributed by atoms with van der Waals surface area (Å²) in [7, 11) is -1.92. The van der Waals surface area contributed by atoms with Gasteiger partial charge < -0.3 is 15.4 Å². The van der Waals surface area contributed by atoms with Gasteiger partial charge >= 0.3 is 0 Å². The van der Waals surface area contributed by atoms with Crippen molar-refractivity contribution in [3.63, 3.8) is 0 Å². The van der Waals surface area contributed by atoms with Crippen LogP contribution in [-0.2, 0) is 14.8 Å². The molecule has 0 saturated carbocycles. The first kappa shape index (κ1) is 22.5. The van der Waals surface area contributed by atoms with Gasteiger partial charge in [-0.15, -0.1) is 12.4 Å². The molecule has 0 aliphatic heterocycles. The molecule has 0 aromatic heterocycles. The van der Waals surface area contributed by atoms with E-state index in [0.717, 1.165) is 13.0 Å². The van der Waals surface area contributed by atoms with E-state index < -0.39 is 21.7 Å². The van der Waals surface area contributed by atoms with Crippen LogP contribution in [0.4, 0.5) is 5.69 Å². The molecule has 1 aromatic carbocycles. The predicted molar refractivity (Wildman–Crippen MR) is 98.4 cm³/mol. The smallest absolute Gasteiger partial charge is 0.241 e. The summed E-state index contributed by atoms with van der Waals surface area (Å²) in [4.78, 5) is 11.6. The molecular formula is C15H26ClN3O4S. The van der Waals surface area contributed by atoms with Crippen molar-refractivity contribution in [3.05, 3.63) is 24.3 Å². The second-order valence-electron chi connectivity index (χ2n) is 5.36. The van der Waals surface area contributed by atoms with Gasteiger partial charge in [0.05, 0.1) is 6.10 Å². The number of sulfonamides is 1. The fourth-order valence-electron chi connectivity index (χ4n) is 1.81. The highest BCUT2D eigenvalue weighted by Crippen LogP contribution is 2.17. The fraction of sp³-hybridized carbons (Fsp3) is 0.533. The van der Waals surface area contributed by atoms with Crippen LogP contribution < -0.4 is 20.1 Å². The van der Waals surface area contributed by atoms with Crippen molar-refractivity contribution in [1.29, 1.82) is 0 Å². The first-order valence-corrected chi connectivity index (χ1v) is 9.16. The minimum Gasteiger partial charge on any atom is -0.491 e. The summed E-state index contributed by atoms with van der Waals surface area (Å²) in [6.45, 7) is 5.02. The van der Waals surface area contributed by atoms with Crippen LogP contribution in [0.2, 0.25) is 0 Å². The molecule has 0 heterocycles. The van der Waals surface area contributed by atoms with Gasteiger partial charge in [-0.25, -0.2) is 8.42 Å². The van der Waals surface area contributed by atoms with Gasteiger partial charge in [0.25, 0.3) is 0 Å². The van der Waals surface area contributed by atoms with Crippen LogP contribution in [0, 0.1) is 0 Å². The molecule has 1 aromatic rings. The summed E-state index contributed by atoms with van der Waals surface area (Å²) in [6.07, 6.45) is 0.789. The minimum atomic E-state index is -3.73. The molecule has 0 atom stereocenters. The quantitative estimate of drug-likeness (QED) is 0.533. The monoisotopic (exact) mass is 379 g/mol. The SMILES string of the molecule is CNCCCNC(=O)CS(=O)(=O)Nc1ccc(OC(C)C)cc1.Cl. The van der Waals surface area contributed by atoms with E-state index in [-0.39, 0.29) is 18.5 Å². The number of ether oxygens (including phenoxy) is 1. The van der Waals surface area contributed by atoms with Crippen molar-refractivity contribution in [2.75, 3.05) is 30.6 Å². The van der Waals surface area contributed by atoms with E-state index in [9.17, 15) is 13.2 Å². The van der Waals surface area contributed by atoms with E-state index in [0.29, 0.717) is 18.0 Å². The number of halogens is 1. The molecule has 3 N–H and O–H groups in total. The summed E-state index contributed by atoms with van der Waals surface area (Å²) in [5.41, 5.74) is 0.393. The maximum atomic E-state index is 11.9. The molecular weight excluding hydrogens is 354 g/mol. The number of rotatable bonds is 10. The summed E-state index contributed by atoms with van der Waals surface area (Å²) in [5, 5.41) is 5.52. The number of anilines is 1. The zero-order chi connectivity index (χ0) is 17.3. The molecule has 9 heteroatoms. The molecule has 138 valence electrons. The molecule has 0 unspecified atom stereocenters. The summed E-state index contributed by atoms with van der Waals surface area (Å²) in [5.74, 6) is -0.463. The Bertz CT molecular complexity index is 591. The van der Waals surface area contributed by atoms with Gasteiger partial charge in [0.1, 0.15) is 11.5 Å². The van der Waals surface area contributed by atoms with Crippen molar-refractivity contribution in [2.45, 2.75) is 26.4 Å². The topological polar surface area (TPSA) is 96.5 Å². The lowest BCUT2D eigenvalue weighted by atomic mass is 10.3. The fourth-order valence-corrected chi connectivity index (χ4v) is 2.82. The normalized spacial score (nSPS) is 10.8. The van der Waals surface area contributed by atoms with E-state index in [4.69, 9.17) is 4.74 Å². The second-order valence-corrected chi connectivity index (χ2v) is 7.08. The molecule has 7 nitrogen and oxygen atoms in total. The zero-order valence-corrected chi connectivity index (χ0v) is 15.8. The van der Waals surface area contributed by atoms with Crippen LogP contribution in [0.3, 0.4) is 0 Å². The maximum absolute atomic E-state index is 11.9. The lowest BCUT2D eigenvalue weighted by Gasteiger charge is -2.11. The molecule has 24 heavy (non-hydrogen) atoms. The first-order chi connectivity index (χ1) is 10.8. The van der Waals surface area contributed by atoms with Crippen molar-refractivity contribution < 1.29 is 17.9 Å². The van der Waals surface area contributed by atoms with Crippen LogP contribution in [-0.4, -0.2) is 46.3 Å². The molecule has 0 bridgehead atoms. The number of hydrogen-bond donors (Lipinski definition) is 3. The Labute approximate surface area is 150 Å². The van der Waals surface area contributed by atoms with E-state index in [2.05, 4.69) is 15.4 Å². The Morgan fingerprint density at radius 2 is 1.79 bits per heavy atom. The molecule has 0 spiro atoms. The summed E-state index contributed by atoms with van der Waals surface area (Å²) in [6, 6.07) is 6.55. The van der Waals surface area contributed by atoms with Gasteiger partial charge in [-0.2, -0.15) is 0 Å². The summed E-state index contributed by atoms with van der Waals surface area (Å²) < 4.78 is 31.7. The molecule has 1 amide bonds. The summed E-state index contributed by atoms with van der Waals surface area (Å²) >= 11 is 0. The Kier molecular flexibility index (Phi) is 10.4. The van der Waals surface area contributed by atoms with Gasteiger partial charge in [0, 0.05) is 12.2 Å². The number of hydrogen-bond acceptors (Lipinski definition) is 5. The highest BCUT2D eigenvalue weighted by molar-refractivity contribution is 7.93. The van der Waals surface area contributed by atoms with Crippen molar-refractivity contribution in [1.82, 2.24) is 10.6 Å². The van der Waals surface area contributed by atoms with Gasteiger partial charge in [0.15, 0.2) is 0 Å². The highest BCUT2D eigenvalue weighted by Gasteiger charge is 2.16. The molecule has 0 saturated heterocycles. The van der Waals surface area contributed by atoms with E-state index in [1.165, 1.54) is 0 Å². The Balaban J connectivity index is 0.00000529. The van der Waals surface area contributed by atoms with E-state index in [1.54, 1.807) is 24.3 Å². The van der Waals surface area contributed by atoms with E-state index >= 15 is 0 Å². The van der Waals surface area contributed by atoms with Crippen molar-refractivity contribution in [3.8, 4) is 5.75 Å². The predicted octanol–water partition coefficient (Wildman–Crippen LogP) is 1.36. The zero-order valence-electron chi connectivity index (χ0n) is 14.2. The number of nitrogens with one attached hydrogen (secondary N) is 3. The Morgan fingerprint density at radius 3 is 2.33 bits per heavy atom. The number of carbonyl (C=O) groups is 1. The van der Waals surface area contributed by atoms with Crippen molar-refractivity contribution in [2.24, 2.45) is 0 Å². The number of amides is 1. The van der Waals surface area contributed by atoms with Gasteiger partial charge in [-0.05, 0) is 58.1 Å². The largest absolute Gasteiger partial charge is 0.491 e. The Morgan fingerprint density at radius 1 is 1.17 bits per heavy atom. The van der Waals surface area contributed by atoms with Crippen LogP contribution in [0.15, 0.2) is 24.3 Å². The van der Waals surface area contributed by atoms with Gasteiger partial charge in [0.2, 0.25) is 15.9 Å². The molecule has 0 aliphatic rings. The van der Waals surface area contributed by atoms with Crippen LogP contribution in [0.5, 0.6) is 5.75 Å². The second kappa shape index (κ2) is 11.1. The molecule has 1 rings (SSSR count). The average molecular weight is 380 g/mol. The molecule has 0 fully saturated rings. The number of benzene rings is 1. The van der Waals surface area contributed by atoms with E-state index in [1.807, 2.05) is 20.9 Å². The first-order valence-electron chi connectivity index (χ1n) is 7.51. The Hall–Kier alpha value is -1.51. The third-order valence-electron chi connectivity index (χ3n) is 2.75. The van der Waals surface area contributed by atoms with Gasteiger partial charge in [-0.1, -0.05) is 0 Å². The number of carbonyl (C=O) groups excluding carboxylic acids is 1. The van der Waals surface area contributed by atoms with Crippen LogP contribution in [0.1, 0.15) is 20.3 Å². The maximum Gasteiger partial charge on any atom is 0.241 e. The lowest BCUT2D eigenvalue weighted by molar-refractivity contribution is -0.118. The third kappa shape index (κ3) is 9.59. The minimum absolute atomic E-state index is 0.